The molecule has 0 aromatic heterocycles. The Balaban J connectivity index is 0.00000264. The quantitative estimate of drug-likeness (QED) is 0.283. The summed E-state index contributed by atoms with van der Waals surface area (Å²) in [6.45, 7) is 0. The summed E-state index contributed by atoms with van der Waals surface area (Å²) in [6, 6.07) is 14.5. The number of hydrogen-bond acceptors (Lipinski definition) is 3. The van der Waals surface area contributed by atoms with Crippen molar-refractivity contribution < 1.29 is 4.79 Å². The molecule has 2 rings (SSSR count). The molecule has 0 aliphatic heterocycles. The van der Waals surface area contributed by atoms with Gasteiger partial charge < -0.3 is 5.32 Å². The van der Waals surface area contributed by atoms with Crippen LogP contribution in [-0.2, 0) is 4.79 Å². The van der Waals surface area contributed by atoms with E-state index in [1.54, 1.807) is 24.3 Å². The molecule has 0 saturated heterocycles. The summed E-state index contributed by atoms with van der Waals surface area (Å²) in [5.74, 6) is -0.243. The van der Waals surface area contributed by atoms with Crippen molar-refractivity contribution in [3.8, 4) is 0 Å². The van der Waals surface area contributed by atoms with Gasteiger partial charge in [0, 0.05) is 22.3 Å². The van der Waals surface area contributed by atoms with Crippen molar-refractivity contribution in [3.05, 3.63) is 70.8 Å². The lowest BCUT2D eigenvalue weighted by molar-refractivity contribution is -0.111. The number of benzene rings is 2. The predicted molar refractivity (Wildman–Crippen MR) is 111 cm³/mol. The highest BCUT2D eigenvalue weighted by atomic mass is 127. The Kier molecular flexibility index (Phi) is 8.36. The molecule has 6 heteroatoms. The predicted octanol–water partition coefficient (Wildman–Crippen LogP) is 5.30. The second-order valence-electron chi connectivity index (χ2n) is 4.46. The zero-order valence-electron chi connectivity index (χ0n) is 12.4. The average molecular weight is 459 g/mol. The molecule has 0 atom stereocenters. The Bertz CT molecular complexity index is 734. The number of carbonyl (C=O) groups excluding carboxylic acids is 1. The van der Waals surface area contributed by atoms with E-state index in [4.69, 9.17) is 17.0 Å². The number of hydrogen-bond donors (Lipinski definition) is 2. The molecule has 0 saturated carbocycles. The molecule has 0 fully saturated rings. The number of anilines is 1. The van der Waals surface area contributed by atoms with Crippen LogP contribution >= 0.6 is 47.3 Å². The molecule has 2 aromatic rings. The minimum absolute atomic E-state index is 0. The van der Waals surface area contributed by atoms with Crippen molar-refractivity contribution in [3.63, 3.8) is 0 Å². The van der Waals surface area contributed by atoms with Gasteiger partial charge in [0.2, 0.25) is 5.91 Å². The van der Waals surface area contributed by atoms with E-state index in [0.717, 1.165) is 11.1 Å². The fraction of sp³-hybridized carbons (Fsp3) is 0.0588. The number of amides is 1. The Hall–Kier alpha value is -1.31. The van der Waals surface area contributed by atoms with E-state index in [1.807, 2.05) is 36.6 Å². The van der Waals surface area contributed by atoms with Crippen LogP contribution in [0.1, 0.15) is 11.1 Å². The molecule has 3 nitrogen and oxygen atoms in total. The third-order valence-corrected chi connectivity index (χ3v) is 3.90. The SMILES string of the molecule is CSC(=N)c1cccc(NC(=O)C=Cc2ccccc2Cl)c1.I. The minimum atomic E-state index is -0.243. The van der Waals surface area contributed by atoms with Gasteiger partial charge >= 0.3 is 0 Å². The first-order chi connectivity index (χ1) is 10.6. The zero-order chi connectivity index (χ0) is 15.9. The maximum Gasteiger partial charge on any atom is 0.248 e. The molecular formula is C17H16ClIN2OS. The Labute approximate surface area is 162 Å². The lowest BCUT2D eigenvalue weighted by atomic mass is 10.2. The molecule has 0 radical (unpaired) electrons. The molecule has 2 N–H and O–H groups in total. The maximum atomic E-state index is 11.9. The van der Waals surface area contributed by atoms with E-state index in [2.05, 4.69) is 5.32 Å². The number of rotatable bonds is 4. The van der Waals surface area contributed by atoms with E-state index in [9.17, 15) is 4.79 Å². The monoisotopic (exact) mass is 458 g/mol. The highest BCUT2D eigenvalue weighted by Crippen LogP contribution is 2.17. The van der Waals surface area contributed by atoms with Gasteiger partial charge in [0.1, 0.15) is 0 Å². The summed E-state index contributed by atoms with van der Waals surface area (Å²) in [5, 5.41) is 11.6. The van der Waals surface area contributed by atoms with Crippen LogP contribution in [0.2, 0.25) is 5.02 Å². The van der Waals surface area contributed by atoms with Crippen molar-refractivity contribution in [1.82, 2.24) is 0 Å². The number of carbonyl (C=O) groups is 1. The second-order valence-corrected chi connectivity index (χ2v) is 5.68. The number of thioether (sulfide) groups is 1. The van der Waals surface area contributed by atoms with E-state index >= 15 is 0 Å². The summed E-state index contributed by atoms with van der Waals surface area (Å²) in [7, 11) is 0. The summed E-state index contributed by atoms with van der Waals surface area (Å²) in [4.78, 5) is 11.9. The molecule has 0 aliphatic carbocycles. The van der Waals surface area contributed by atoms with Crippen molar-refractivity contribution in [2.24, 2.45) is 0 Å². The molecule has 0 spiro atoms. The van der Waals surface area contributed by atoms with Crippen molar-refractivity contribution >= 4 is 70.1 Å². The van der Waals surface area contributed by atoms with Gasteiger partial charge in [-0.2, -0.15) is 0 Å². The summed E-state index contributed by atoms with van der Waals surface area (Å²) < 4.78 is 0. The molecule has 0 bridgehead atoms. The van der Waals surface area contributed by atoms with E-state index in [0.29, 0.717) is 15.8 Å². The van der Waals surface area contributed by atoms with Gasteiger partial charge in [-0.05, 0) is 36.1 Å². The fourth-order valence-electron chi connectivity index (χ4n) is 1.82. The lowest BCUT2D eigenvalue weighted by Crippen LogP contribution is -2.08. The van der Waals surface area contributed by atoms with E-state index < -0.39 is 0 Å². The molecule has 0 unspecified atom stereocenters. The van der Waals surface area contributed by atoms with Gasteiger partial charge in [0.15, 0.2) is 0 Å². The first kappa shape index (κ1) is 19.7. The number of halogens is 2. The first-order valence-electron chi connectivity index (χ1n) is 6.56. The second kappa shape index (κ2) is 9.75. The van der Waals surface area contributed by atoms with E-state index in [1.165, 1.54) is 17.8 Å². The zero-order valence-corrected chi connectivity index (χ0v) is 16.3. The Morgan fingerprint density at radius 2 is 1.96 bits per heavy atom. The molecule has 120 valence electrons. The lowest BCUT2D eigenvalue weighted by Gasteiger charge is -2.05. The van der Waals surface area contributed by atoms with Gasteiger partial charge in [-0.3, -0.25) is 10.2 Å². The van der Waals surface area contributed by atoms with Crippen molar-refractivity contribution in [2.75, 3.05) is 11.6 Å². The van der Waals surface area contributed by atoms with Crippen LogP contribution < -0.4 is 5.32 Å². The number of nitrogens with one attached hydrogen (secondary N) is 2. The first-order valence-corrected chi connectivity index (χ1v) is 8.17. The van der Waals surface area contributed by atoms with Crippen LogP contribution in [0, 0.1) is 5.41 Å². The van der Waals surface area contributed by atoms with Crippen LogP contribution in [0.4, 0.5) is 5.69 Å². The average Bonchev–Trinajstić information content (AvgIpc) is 2.53. The Morgan fingerprint density at radius 1 is 1.22 bits per heavy atom. The van der Waals surface area contributed by atoms with E-state index in [-0.39, 0.29) is 29.9 Å². The standard InChI is InChI=1S/C17H15ClN2OS.HI/c1-22-17(19)13-6-4-7-14(11-13)20-16(21)10-9-12-5-2-3-8-15(12)18;/h2-11,19H,1H3,(H,20,21);1H. The molecule has 0 heterocycles. The molecular weight excluding hydrogens is 443 g/mol. The van der Waals surface area contributed by atoms with Crippen molar-refractivity contribution in [2.45, 2.75) is 0 Å². The largest absolute Gasteiger partial charge is 0.322 e. The van der Waals surface area contributed by atoms with Gasteiger partial charge in [-0.25, -0.2) is 0 Å². The van der Waals surface area contributed by atoms with Crippen LogP contribution in [0.15, 0.2) is 54.6 Å². The highest BCUT2D eigenvalue weighted by molar-refractivity contribution is 14.0. The van der Waals surface area contributed by atoms with Crippen LogP contribution in [0.3, 0.4) is 0 Å². The fourth-order valence-corrected chi connectivity index (χ4v) is 2.38. The summed E-state index contributed by atoms with van der Waals surface area (Å²) >= 11 is 7.39. The smallest absolute Gasteiger partial charge is 0.248 e. The minimum Gasteiger partial charge on any atom is -0.322 e. The topological polar surface area (TPSA) is 53.0 Å². The summed E-state index contributed by atoms with van der Waals surface area (Å²) in [6.07, 6.45) is 4.96. The van der Waals surface area contributed by atoms with Crippen LogP contribution in [0.25, 0.3) is 6.08 Å². The van der Waals surface area contributed by atoms with Gasteiger partial charge in [-0.15, -0.1) is 35.7 Å². The normalized spacial score (nSPS) is 10.2. The molecule has 1 amide bonds. The Morgan fingerprint density at radius 3 is 2.65 bits per heavy atom. The van der Waals surface area contributed by atoms with Crippen LogP contribution in [0.5, 0.6) is 0 Å². The molecule has 2 aromatic carbocycles. The molecule has 0 aliphatic rings. The van der Waals surface area contributed by atoms with Crippen molar-refractivity contribution in [1.29, 1.82) is 5.41 Å². The van der Waals surface area contributed by atoms with Gasteiger partial charge in [0.05, 0.1) is 5.04 Å². The van der Waals surface area contributed by atoms with Crippen LogP contribution in [-0.4, -0.2) is 17.2 Å². The van der Waals surface area contributed by atoms with Gasteiger partial charge in [-0.1, -0.05) is 41.9 Å². The third-order valence-electron chi connectivity index (χ3n) is 2.92. The summed E-state index contributed by atoms with van der Waals surface area (Å²) in [5.41, 5.74) is 2.22. The van der Waals surface area contributed by atoms with Gasteiger partial charge in [0.25, 0.3) is 0 Å². The molecule has 23 heavy (non-hydrogen) atoms. The maximum absolute atomic E-state index is 11.9. The third kappa shape index (κ3) is 6.01. The highest BCUT2D eigenvalue weighted by Gasteiger charge is 2.03.